The largest absolute Gasteiger partial charge is 0.356 e. The highest BCUT2D eigenvalue weighted by molar-refractivity contribution is 14.0. The van der Waals surface area contributed by atoms with Crippen LogP contribution in [0.3, 0.4) is 0 Å². The van der Waals surface area contributed by atoms with Crippen LogP contribution in [0.5, 0.6) is 0 Å². The van der Waals surface area contributed by atoms with Crippen LogP contribution < -0.4 is 5.32 Å². The Morgan fingerprint density at radius 2 is 1.92 bits per heavy atom. The summed E-state index contributed by atoms with van der Waals surface area (Å²) in [5.41, 5.74) is 1.07. The standard InChI is InChI=1S/C18H29FN4.HI/c1-15(13-23-10-4-5-11-23)12-21-18(20-2)22(3)14-16-6-8-17(19)9-7-16;/h6-9,15H,4-5,10-14H2,1-3H3,(H,20,21);1H. The van der Waals surface area contributed by atoms with E-state index in [0.717, 1.165) is 24.6 Å². The van der Waals surface area contributed by atoms with Crippen molar-refractivity contribution in [2.75, 3.05) is 40.3 Å². The first-order valence-corrected chi connectivity index (χ1v) is 8.47. The highest BCUT2D eigenvalue weighted by Gasteiger charge is 2.15. The predicted molar refractivity (Wildman–Crippen MR) is 109 cm³/mol. The third-order valence-electron chi connectivity index (χ3n) is 4.28. The minimum absolute atomic E-state index is 0. The van der Waals surface area contributed by atoms with E-state index in [2.05, 4.69) is 27.0 Å². The minimum atomic E-state index is -0.199. The lowest BCUT2D eigenvalue weighted by Gasteiger charge is -2.25. The molecule has 0 spiro atoms. The Kier molecular flexibility index (Phi) is 9.58. The highest BCUT2D eigenvalue weighted by atomic mass is 127. The highest BCUT2D eigenvalue weighted by Crippen LogP contribution is 2.10. The van der Waals surface area contributed by atoms with Gasteiger partial charge in [0.1, 0.15) is 5.82 Å². The molecule has 1 unspecified atom stereocenters. The molecule has 0 bridgehead atoms. The summed E-state index contributed by atoms with van der Waals surface area (Å²) in [4.78, 5) is 8.95. The van der Waals surface area contributed by atoms with E-state index in [4.69, 9.17) is 0 Å². The van der Waals surface area contributed by atoms with Crippen molar-refractivity contribution < 1.29 is 4.39 Å². The number of hydrogen-bond acceptors (Lipinski definition) is 2. The summed E-state index contributed by atoms with van der Waals surface area (Å²) in [7, 11) is 3.80. The molecular formula is C18H30FIN4. The maximum absolute atomic E-state index is 13.0. The number of hydrogen-bond donors (Lipinski definition) is 1. The van der Waals surface area contributed by atoms with Gasteiger partial charge in [-0.1, -0.05) is 19.1 Å². The van der Waals surface area contributed by atoms with Crippen LogP contribution in [0.1, 0.15) is 25.3 Å². The average Bonchev–Trinajstić information content (AvgIpc) is 3.03. The topological polar surface area (TPSA) is 30.9 Å². The predicted octanol–water partition coefficient (Wildman–Crippen LogP) is 3.18. The molecular weight excluding hydrogens is 418 g/mol. The lowest BCUT2D eigenvalue weighted by Crippen LogP contribution is -2.42. The maximum Gasteiger partial charge on any atom is 0.193 e. The van der Waals surface area contributed by atoms with Gasteiger partial charge in [0, 0.05) is 33.7 Å². The van der Waals surface area contributed by atoms with E-state index < -0.39 is 0 Å². The molecule has 0 aromatic heterocycles. The molecule has 1 aromatic carbocycles. The number of guanidine groups is 1. The van der Waals surface area contributed by atoms with Gasteiger partial charge in [-0.15, -0.1) is 24.0 Å². The summed E-state index contributed by atoms with van der Waals surface area (Å²) in [5.74, 6) is 1.27. The van der Waals surface area contributed by atoms with Crippen LogP contribution in [-0.2, 0) is 6.54 Å². The molecule has 0 radical (unpaired) electrons. The van der Waals surface area contributed by atoms with E-state index in [9.17, 15) is 4.39 Å². The molecule has 6 heteroatoms. The van der Waals surface area contributed by atoms with E-state index in [1.807, 2.05) is 19.2 Å². The van der Waals surface area contributed by atoms with Crippen LogP contribution in [-0.4, -0.2) is 56.0 Å². The van der Waals surface area contributed by atoms with Gasteiger partial charge in [-0.05, 0) is 49.5 Å². The second-order valence-corrected chi connectivity index (χ2v) is 6.52. The van der Waals surface area contributed by atoms with Gasteiger partial charge in [-0.2, -0.15) is 0 Å². The van der Waals surface area contributed by atoms with Crippen LogP contribution in [0.15, 0.2) is 29.3 Å². The van der Waals surface area contributed by atoms with E-state index in [1.54, 1.807) is 7.05 Å². The lowest BCUT2D eigenvalue weighted by molar-refractivity contribution is 0.286. The van der Waals surface area contributed by atoms with Gasteiger partial charge in [-0.3, -0.25) is 4.99 Å². The van der Waals surface area contributed by atoms with E-state index in [1.165, 1.54) is 38.1 Å². The quantitative estimate of drug-likeness (QED) is 0.412. The van der Waals surface area contributed by atoms with Crippen molar-refractivity contribution >= 4 is 29.9 Å². The first-order chi connectivity index (χ1) is 11.1. The van der Waals surface area contributed by atoms with Gasteiger partial charge in [0.05, 0.1) is 0 Å². The van der Waals surface area contributed by atoms with Gasteiger partial charge in [0.2, 0.25) is 0 Å². The first-order valence-electron chi connectivity index (χ1n) is 8.47. The Bertz CT molecular complexity index is 500. The maximum atomic E-state index is 13.0. The Morgan fingerprint density at radius 3 is 2.50 bits per heavy atom. The summed E-state index contributed by atoms with van der Waals surface area (Å²) in [5, 5.41) is 3.45. The Hall–Kier alpha value is -0.890. The molecule has 24 heavy (non-hydrogen) atoms. The molecule has 0 amide bonds. The molecule has 0 aliphatic carbocycles. The summed E-state index contributed by atoms with van der Waals surface area (Å²) < 4.78 is 13.0. The number of aliphatic imine (C=N–C) groups is 1. The first kappa shape index (κ1) is 21.2. The Balaban J connectivity index is 0.00000288. The van der Waals surface area contributed by atoms with Crippen molar-refractivity contribution in [1.82, 2.24) is 15.1 Å². The van der Waals surface area contributed by atoms with Gasteiger partial charge >= 0.3 is 0 Å². The third kappa shape index (κ3) is 6.93. The summed E-state index contributed by atoms with van der Waals surface area (Å²) in [6.45, 7) is 7.52. The van der Waals surface area contributed by atoms with Crippen LogP contribution in [0.4, 0.5) is 4.39 Å². The molecule has 1 saturated heterocycles. The SMILES string of the molecule is CN=C(NCC(C)CN1CCCC1)N(C)Cc1ccc(F)cc1.I. The molecule has 136 valence electrons. The van der Waals surface area contributed by atoms with Crippen LogP contribution in [0.2, 0.25) is 0 Å². The summed E-state index contributed by atoms with van der Waals surface area (Å²) >= 11 is 0. The average molecular weight is 448 g/mol. The van der Waals surface area contributed by atoms with Crippen molar-refractivity contribution in [3.8, 4) is 0 Å². The smallest absolute Gasteiger partial charge is 0.193 e. The molecule has 1 fully saturated rings. The second-order valence-electron chi connectivity index (χ2n) is 6.52. The fraction of sp³-hybridized carbons (Fsp3) is 0.611. The van der Waals surface area contributed by atoms with Gasteiger partial charge in [-0.25, -0.2) is 4.39 Å². The van der Waals surface area contributed by atoms with Crippen molar-refractivity contribution in [2.45, 2.75) is 26.3 Å². The summed E-state index contributed by atoms with van der Waals surface area (Å²) in [6.07, 6.45) is 2.67. The number of likely N-dealkylation sites (tertiary alicyclic amines) is 1. The fourth-order valence-electron chi connectivity index (χ4n) is 3.06. The van der Waals surface area contributed by atoms with Crippen molar-refractivity contribution in [2.24, 2.45) is 10.9 Å². The van der Waals surface area contributed by atoms with Gasteiger partial charge < -0.3 is 15.1 Å². The zero-order valence-corrected chi connectivity index (χ0v) is 17.3. The normalized spacial score (nSPS) is 16.6. The molecule has 0 saturated carbocycles. The summed E-state index contributed by atoms with van der Waals surface area (Å²) in [6, 6.07) is 6.62. The van der Waals surface area contributed by atoms with Gasteiger partial charge in [0.25, 0.3) is 0 Å². The Morgan fingerprint density at radius 1 is 1.29 bits per heavy atom. The number of rotatable bonds is 6. The number of nitrogens with one attached hydrogen (secondary N) is 1. The zero-order chi connectivity index (χ0) is 16.7. The van der Waals surface area contributed by atoms with E-state index >= 15 is 0 Å². The van der Waals surface area contributed by atoms with Gasteiger partial charge in [0.15, 0.2) is 5.96 Å². The number of halogens is 2. The van der Waals surface area contributed by atoms with E-state index in [-0.39, 0.29) is 29.8 Å². The van der Waals surface area contributed by atoms with E-state index in [0.29, 0.717) is 12.5 Å². The molecule has 1 heterocycles. The van der Waals surface area contributed by atoms with Crippen LogP contribution >= 0.6 is 24.0 Å². The number of benzene rings is 1. The molecule has 1 aliphatic rings. The van der Waals surface area contributed by atoms with Crippen LogP contribution in [0, 0.1) is 11.7 Å². The molecule has 2 rings (SSSR count). The molecule has 1 N–H and O–H groups in total. The minimum Gasteiger partial charge on any atom is -0.356 e. The molecule has 1 atom stereocenters. The Labute approximate surface area is 162 Å². The lowest BCUT2D eigenvalue weighted by atomic mass is 10.1. The molecule has 1 aliphatic heterocycles. The van der Waals surface area contributed by atoms with Crippen molar-refractivity contribution in [3.05, 3.63) is 35.6 Å². The molecule has 1 aromatic rings. The molecule has 4 nitrogen and oxygen atoms in total. The zero-order valence-electron chi connectivity index (χ0n) is 15.0. The van der Waals surface area contributed by atoms with Crippen molar-refractivity contribution in [1.29, 1.82) is 0 Å². The second kappa shape index (κ2) is 10.9. The number of nitrogens with zero attached hydrogens (tertiary/aromatic N) is 3. The van der Waals surface area contributed by atoms with Crippen LogP contribution in [0.25, 0.3) is 0 Å². The monoisotopic (exact) mass is 448 g/mol. The fourth-order valence-corrected chi connectivity index (χ4v) is 3.06. The van der Waals surface area contributed by atoms with Crippen molar-refractivity contribution in [3.63, 3.8) is 0 Å². The third-order valence-corrected chi connectivity index (χ3v) is 4.28.